The average molecular weight is 266 g/mol. The molecular formula is C17H18N2O. The maximum absolute atomic E-state index is 9.90. The Morgan fingerprint density at radius 3 is 2.30 bits per heavy atom. The van der Waals surface area contributed by atoms with Gasteiger partial charge in [-0.25, -0.2) is 0 Å². The number of para-hydroxylation sites is 1. The molecule has 3 rings (SSSR count). The van der Waals surface area contributed by atoms with Gasteiger partial charge >= 0.3 is 0 Å². The van der Waals surface area contributed by atoms with Crippen LogP contribution < -0.4 is 5.73 Å². The molecule has 0 amide bonds. The quantitative estimate of drug-likeness (QED) is 0.582. The molecule has 0 unspecified atom stereocenters. The number of aryl methyl sites for hydroxylation is 3. The third kappa shape index (κ3) is 1.74. The van der Waals surface area contributed by atoms with Gasteiger partial charge in [-0.2, -0.15) is 0 Å². The lowest BCUT2D eigenvalue weighted by molar-refractivity contribution is 0.467. The van der Waals surface area contributed by atoms with Crippen LogP contribution in [-0.2, 0) is 0 Å². The summed E-state index contributed by atoms with van der Waals surface area (Å²) in [5.41, 5.74) is 12.8. The minimum absolute atomic E-state index is 0.363. The number of anilines is 1. The van der Waals surface area contributed by atoms with Crippen molar-refractivity contribution in [2.45, 2.75) is 20.8 Å². The van der Waals surface area contributed by atoms with Crippen molar-refractivity contribution in [2.24, 2.45) is 0 Å². The Balaban J connectivity index is 2.30. The van der Waals surface area contributed by atoms with Crippen molar-refractivity contribution >= 4 is 16.6 Å². The van der Waals surface area contributed by atoms with E-state index in [0.29, 0.717) is 5.75 Å². The Kier molecular flexibility index (Phi) is 2.71. The number of nitrogens with one attached hydrogen (secondary N) is 1. The first-order chi connectivity index (χ1) is 9.49. The second-order valence-electron chi connectivity index (χ2n) is 5.35. The van der Waals surface area contributed by atoms with Gasteiger partial charge in [-0.1, -0.05) is 12.1 Å². The largest absolute Gasteiger partial charge is 0.507 e. The molecule has 3 nitrogen and oxygen atoms in total. The van der Waals surface area contributed by atoms with E-state index in [9.17, 15) is 5.11 Å². The number of phenolic OH excluding ortho intramolecular Hbond substituents is 1. The lowest BCUT2D eigenvalue weighted by Crippen LogP contribution is -1.87. The normalized spacial score (nSPS) is 11.2. The molecule has 0 saturated heterocycles. The second kappa shape index (κ2) is 4.30. The van der Waals surface area contributed by atoms with Gasteiger partial charge in [0, 0.05) is 11.1 Å². The van der Waals surface area contributed by atoms with E-state index in [4.69, 9.17) is 5.73 Å². The number of aromatic amines is 1. The highest BCUT2D eigenvalue weighted by molar-refractivity contribution is 5.97. The number of nitrogens with two attached hydrogens (primary N) is 1. The lowest BCUT2D eigenvalue weighted by atomic mass is 10.0. The molecule has 0 spiro atoms. The number of hydrogen-bond donors (Lipinski definition) is 3. The number of aromatic nitrogens is 1. The first kappa shape index (κ1) is 12.6. The van der Waals surface area contributed by atoms with Crippen LogP contribution in [0.2, 0.25) is 0 Å². The molecule has 0 saturated carbocycles. The fourth-order valence-corrected chi connectivity index (χ4v) is 2.76. The fourth-order valence-electron chi connectivity index (χ4n) is 2.76. The fraction of sp³-hybridized carbons (Fsp3) is 0.176. The van der Waals surface area contributed by atoms with E-state index >= 15 is 0 Å². The molecule has 0 aliphatic carbocycles. The van der Waals surface area contributed by atoms with Crippen molar-refractivity contribution in [1.29, 1.82) is 0 Å². The number of fused-ring (bicyclic) bond motifs is 1. The van der Waals surface area contributed by atoms with E-state index in [1.807, 2.05) is 38.1 Å². The Hall–Kier alpha value is -2.42. The Morgan fingerprint density at radius 1 is 1.05 bits per heavy atom. The highest BCUT2D eigenvalue weighted by Crippen LogP contribution is 2.35. The van der Waals surface area contributed by atoms with Gasteiger partial charge in [-0.05, 0) is 61.2 Å². The van der Waals surface area contributed by atoms with Crippen LogP contribution in [-0.4, -0.2) is 10.1 Å². The summed E-state index contributed by atoms with van der Waals surface area (Å²) in [6, 6.07) is 9.93. The monoisotopic (exact) mass is 266 g/mol. The van der Waals surface area contributed by atoms with Crippen molar-refractivity contribution in [3.8, 4) is 17.0 Å². The maximum Gasteiger partial charge on any atom is 0.121 e. The summed E-state index contributed by atoms with van der Waals surface area (Å²) in [6.45, 7) is 5.92. The van der Waals surface area contributed by atoms with E-state index in [1.54, 1.807) is 0 Å². The molecule has 4 N–H and O–H groups in total. The van der Waals surface area contributed by atoms with E-state index in [-0.39, 0.29) is 0 Å². The number of rotatable bonds is 1. The molecule has 1 aromatic heterocycles. The van der Waals surface area contributed by atoms with Crippen LogP contribution >= 0.6 is 0 Å². The summed E-state index contributed by atoms with van der Waals surface area (Å²) in [6.07, 6.45) is 0. The molecule has 3 aromatic rings. The van der Waals surface area contributed by atoms with Crippen LogP contribution in [0.3, 0.4) is 0 Å². The molecule has 0 fully saturated rings. The Labute approximate surface area is 118 Å². The molecule has 20 heavy (non-hydrogen) atoms. The summed E-state index contributed by atoms with van der Waals surface area (Å²) >= 11 is 0. The summed E-state index contributed by atoms with van der Waals surface area (Å²) in [7, 11) is 0. The van der Waals surface area contributed by atoms with Gasteiger partial charge in [0.25, 0.3) is 0 Å². The minimum Gasteiger partial charge on any atom is -0.507 e. The van der Waals surface area contributed by atoms with Gasteiger partial charge in [0.1, 0.15) is 5.75 Å². The number of H-pyrrole nitrogens is 1. The average Bonchev–Trinajstić information content (AvgIpc) is 2.75. The molecular weight excluding hydrogens is 248 g/mol. The van der Waals surface area contributed by atoms with Gasteiger partial charge in [0.2, 0.25) is 0 Å². The first-order valence-electron chi connectivity index (χ1n) is 6.66. The third-order valence-corrected chi connectivity index (χ3v) is 3.91. The zero-order valence-corrected chi connectivity index (χ0v) is 11.9. The summed E-state index contributed by atoms with van der Waals surface area (Å²) in [5, 5.41) is 11.0. The van der Waals surface area contributed by atoms with Gasteiger partial charge < -0.3 is 15.8 Å². The molecule has 0 aliphatic heterocycles. The SMILES string of the molecule is Cc1cc(-c2[nH]c3c(N)cccc3c2C)cc(C)c1O. The van der Waals surface area contributed by atoms with Gasteiger partial charge in [-0.15, -0.1) is 0 Å². The number of benzene rings is 2. The molecule has 0 bridgehead atoms. The molecule has 2 aromatic carbocycles. The first-order valence-corrected chi connectivity index (χ1v) is 6.66. The smallest absolute Gasteiger partial charge is 0.121 e. The molecule has 102 valence electrons. The van der Waals surface area contributed by atoms with Crippen molar-refractivity contribution in [2.75, 3.05) is 5.73 Å². The number of phenols is 1. The Morgan fingerprint density at radius 2 is 1.70 bits per heavy atom. The molecule has 3 heteroatoms. The van der Waals surface area contributed by atoms with Crippen molar-refractivity contribution < 1.29 is 5.11 Å². The van der Waals surface area contributed by atoms with Crippen molar-refractivity contribution in [1.82, 2.24) is 4.98 Å². The second-order valence-corrected chi connectivity index (χ2v) is 5.35. The van der Waals surface area contributed by atoms with Crippen LogP contribution in [0.4, 0.5) is 5.69 Å². The van der Waals surface area contributed by atoms with Crippen LogP contribution in [0.1, 0.15) is 16.7 Å². The van der Waals surface area contributed by atoms with Crippen molar-refractivity contribution in [3.63, 3.8) is 0 Å². The zero-order valence-electron chi connectivity index (χ0n) is 11.9. The summed E-state index contributed by atoms with van der Waals surface area (Å²) < 4.78 is 0. The molecule has 0 radical (unpaired) electrons. The van der Waals surface area contributed by atoms with E-state index in [2.05, 4.69) is 18.0 Å². The molecule has 0 atom stereocenters. The zero-order chi connectivity index (χ0) is 14.4. The predicted molar refractivity (Wildman–Crippen MR) is 84.0 cm³/mol. The van der Waals surface area contributed by atoms with Crippen LogP contribution in [0.25, 0.3) is 22.2 Å². The van der Waals surface area contributed by atoms with Crippen LogP contribution in [0, 0.1) is 20.8 Å². The van der Waals surface area contributed by atoms with Gasteiger partial charge in [0.15, 0.2) is 0 Å². The summed E-state index contributed by atoms with van der Waals surface area (Å²) in [4.78, 5) is 3.42. The predicted octanol–water partition coefficient (Wildman–Crippen LogP) is 4.05. The van der Waals surface area contributed by atoms with Gasteiger partial charge in [0.05, 0.1) is 11.2 Å². The Bertz CT molecular complexity index is 792. The van der Waals surface area contributed by atoms with Crippen LogP contribution in [0.5, 0.6) is 5.75 Å². The van der Waals surface area contributed by atoms with Gasteiger partial charge in [-0.3, -0.25) is 0 Å². The molecule has 0 aliphatic rings. The topological polar surface area (TPSA) is 62.0 Å². The van der Waals surface area contributed by atoms with Crippen molar-refractivity contribution in [3.05, 3.63) is 47.0 Å². The lowest BCUT2D eigenvalue weighted by Gasteiger charge is -2.07. The van der Waals surface area contributed by atoms with E-state index in [0.717, 1.165) is 39.0 Å². The highest BCUT2D eigenvalue weighted by atomic mass is 16.3. The van der Waals surface area contributed by atoms with E-state index < -0.39 is 0 Å². The van der Waals surface area contributed by atoms with Crippen LogP contribution in [0.15, 0.2) is 30.3 Å². The van der Waals surface area contributed by atoms with E-state index in [1.165, 1.54) is 5.56 Å². The highest BCUT2D eigenvalue weighted by Gasteiger charge is 2.13. The number of nitrogen functional groups attached to an aromatic ring is 1. The maximum atomic E-state index is 9.90. The minimum atomic E-state index is 0.363. The third-order valence-electron chi connectivity index (χ3n) is 3.91. The standard InChI is InChI=1S/C17H18N2O/c1-9-7-12(8-10(2)17(9)20)15-11(3)13-5-4-6-14(18)16(13)19-15/h4-8,19-20H,18H2,1-3H3. The summed E-state index contributed by atoms with van der Waals surface area (Å²) in [5.74, 6) is 0.363. The number of hydrogen-bond acceptors (Lipinski definition) is 2. The molecule has 1 heterocycles. The number of aromatic hydroxyl groups is 1.